The van der Waals surface area contributed by atoms with E-state index in [1.54, 1.807) is 43.3 Å². The summed E-state index contributed by atoms with van der Waals surface area (Å²) >= 11 is 0. The van der Waals surface area contributed by atoms with Crippen LogP contribution in [0.25, 0.3) is 34.1 Å². The molecule has 0 atom stereocenters. The van der Waals surface area contributed by atoms with E-state index in [0.29, 0.717) is 34.2 Å². The van der Waals surface area contributed by atoms with Crippen molar-refractivity contribution in [1.82, 2.24) is 9.97 Å². The lowest BCUT2D eigenvalue weighted by Crippen LogP contribution is -2.19. The Balaban J connectivity index is 1.90. The fourth-order valence-corrected chi connectivity index (χ4v) is 3.37. The van der Waals surface area contributed by atoms with Gasteiger partial charge in [-0.15, -0.1) is 0 Å². The molecule has 0 spiro atoms. The van der Waals surface area contributed by atoms with E-state index in [9.17, 15) is 19.8 Å². The molecule has 2 heterocycles. The number of phenols is 1. The van der Waals surface area contributed by atoms with Crippen molar-refractivity contribution in [3.05, 3.63) is 64.5 Å². The van der Waals surface area contributed by atoms with Gasteiger partial charge in [0.1, 0.15) is 28.7 Å². The van der Waals surface area contributed by atoms with Gasteiger partial charge in [-0.1, -0.05) is 12.1 Å². The number of H-pyrrole nitrogens is 1. The van der Waals surface area contributed by atoms with Crippen molar-refractivity contribution < 1.29 is 28.9 Å². The number of carbonyl (C=O) groups is 1. The van der Waals surface area contributed by atoms with E-state index in [4.69, 9.17) is 19.6 Å². The summed E-state index contributed by atoms with van der Waals surface area (Å²) in [6, 6.07) is 12.6. The Hall–Kier alpha value is -4.73. The number of nitrogens with one attached hydrogen (secondary N) is 1. The summed E-state index contributed by atoms with van der Waals surface area (Å²) in [4.78, 5) is 31.0. The van der Waals surface area contributed by atoms with Gasteiger partial charge in [-0.05, 0) is 37.3 Å². The number of phenolic OH excluding ortho intramolecular Hbond substituents is 1. The first-order chi connectivity index (χ1) is 16.3. The van der Waals surface area contributed by atoms with Crippen molar-refractivity contribution in [3.63, 3.8) is 0 Å². The molecule has 0 aliphatic carbocycles. The fourth-order valence-electron chi connectivity index (χ4n) is 3.37. The number of rotatable bonds is 7. The molecule has 10 heteroatoms. The minimum Gasteiger partial charge on any atom is -0.504 e. The number of aryl methyl sites for hydroxylation is 1. The first kappa shape index (κ1) is 22.5. The SMILES string of the molecule is COc1cc(-c2nc(-c3cccc(OCC(N)=O)c3)[nH]c2-c2oc(C)cc(=O)c2O)ccc1O. The van der Waals surface area contributed by atoms with Crippen LogP contribution in [0.2, 0.25) is 0 Å². The molecule has 2 aromatic carbocycles. The van der Waals surface area contributed by atoms with E-state index >= 15 is 0 Å². The zero-order chi connectivity index (χ0) is 24.4. The normalized spacial score (nSPS) is 10.8. The van der Waals surface area contributed by atoms with Gasteiger partial charge in [-0.3, -0.25) is 9.59 Å². The molecule has 0 unspecified atom stereocenters. The highest BCUT2D eigenvalue weighted by molar-refractivity contribution is 5.82. The van der Waals surface area contributed by atoms with Crippen LogP contribution < -0.4 is 20.6 Å². The Kier molecular flexibility index (Phi) is 5.96. The maximum atomic E-state index is 12.2. The highest BCUT2D eigenvalue weighted by Gasteiger charge is 2.23. The molecule has 0 saturated heterocycles. The third-order valence-corrected chi connectivity index (χ3v) is 4.92. The monoisotopic (exact) mass is 463 g/mol. The number of hydrogen-bond acceptors (Lipinski definition) is 8. The first-order valence-electron chi connectivity index (χ1n) is 10.1. The number of hydrogen-bond donors (Lipinski definition) is 4. The van der Waals surface area contributed by atoms with Crippen LogP contribution in [0.1, 0.15) is 5.76 Å². The predicted octanol–water partition coefficient (Wildman–Crippen LogP) is 2.96. The average molecular weight is 463 g/mol. The van der Waals surface area contributed by atoms with Crippen molar-refractivity contribution >= 4 is 5.91 Å². The van der Waals surface area contributed by atoms with Crippen LogP contribution in [-0.2, 0) is 4.79 Å². The van der Waals surface area contributed by atoms with Gasteiger partial charge in [0.2, 0.25) is 11.2 Å². The standard InChI is InChI=1S/C24H21N3O7/c1-12-8-17(29)22(31)23(34-12)21-20(13-6-7-16(28)18(10-13)32-2)26-24(27-21)14-4-3-5-15(9-14)33-11-19(25)30/h3-10,28,31H,11H2,1-2H3,(H2,25,30)(H,26,27). The summed E-state index contributed by atoms with van der Waals surface area (Å²) in [6.07, 6.45) is 0. The van der Waals surface area contributed by atoms with Crippen molar-refractivity contribution in [2.75, 3.05) is 13.7 Å². The second-order valence-corrected chi connectivity index (χ2v) is 7.38. The van der Waals surface area contributed by atoms with Crippen LogP contribution in [0.15, 0.2) is 57.7 Å². The lowest BCUT2D eigenvalue weighted by molar-refractivity contribution is -0.119. The number of nitrogens with two attached hydrogens (primary N) is 1. The molecule has 5 N–H and O–H groups in total. The molecule has 0 radical (unpaired) electrons. The molecule has 4 aromatic rings. The second-order valence-electron chi connectivity index (χ2n) is 7.38. The number of aromatic hydroxyl groups is 2. The van der Waals surface area contributed by atoms with E-state index in [2.05, 4.69) is 9.97 Å². The Bertz CT molecular complexity index is 1440. The van der Waals surface area contributed by atoms with E-state index in [-0.39, 0.29) is 29.6 Å². The minimum absolute atomic E-state index is 0.0622. The zero-order valence-electron chi connectivity index (χ0n) is 18.3. The van der Waals surface area contributed by atoms with Gasteiger partial charge in [0.25, 0.3) is 5.91 Å². The molecular weight excluding hydrogens is 442 g/mol. The lowest BCUT2D eigenvalue weighted by Gasteiger charge is -2.08. The number of methoxy groups -OCH3 is 1. The lowest BCUT2D eigenvalue weighted by atomic mass is 10.1. The van der Waals surface area contributed by atoms with Crippen LogP contribution in [0.5, 0.6) is 23.0 Å². The van der Waals surface area contributed by atoms with Crippen LogP contribution in [0, 0.1) is 6.92 Å². The molecule has 34 heavy (non-hydrogen) atoms. The molecule has 0 saturated carbocycles. The largest absolute Gasteiger partial charge is 0.504 e. The van der Waals surface area contributed by atoms with Crippen LogP contribution in [-0.4, -0.2) is 39.8 Å². The maximum Gasteiger partial charge on any atom is 0.255 e. The third kappa shape index (κ3) is 4.42. The van der Waals surface area contributed by atoms with E-state index in [0.717, 1.165) is 0 Å². The van der Waals surface area contributed by atoms with Crippen molar-refractivity contribution in [2.45, 2.75) is 6.92 Å². The van der Waals surface area contributed by atoms with E-state index in [1.807, 2.05) is 0 Å². The zero-order valence-corrected chi connectivity index (χ0v) is 18.3. The Morgan fingerprint density at radius 2 is 1.94 bits per heavy atom. The Morgan fingerprint density at radius 1 is 1.15 bits per heavy atom. The quantitative estimate of drug-likeness (QED) is 0.325. The van der Waals surface area contributed by atoms with Crippen molar-refractivity contribution in [3.8, 4) is 57.1 Å². The number of aromatic amines is 1. The summed E-state index contributed by atoms with van der Waals surface area (Å²) in [7, 11) is 1.42. The summed E-state index contributed by atoms with van der Waals surface area (Å²) < 4.78 is 16.2. The predicted molar refractivity (Wildman–Crippen MR) is 123 cm³/mol. The molecule has 0 aliphatic heterocycles. The van der Waals surface area contributed by atoms with Gasteiger partial charge < -0.3 is 34.8 Å². The number of nitrogens with zero attached hydrogens (tertiary/aromatic N) is 1. The van der Waals surface area contributed by atoms with Crippen LogP contribution in [0.4, 0.5) is 0 Å². The van der Waals surface area contributed by atoms with Crippen LogP contribution in [0.3, 0.4) is 0 Å². The highest BCUT2D eigenvalue weighted by atomic mass is 16.5. The van der Waals surface area contributed by atoms with E-state index in [1.165, 1.54) is 19.2 Å². The molecular formula is C24H21N3O7. The van der Waals surface area contributed by atoms with Crippen molar-refractivity contribution in [1.29, 1.82) is 0 Å². The molecule has 174 valence electrons. The summed E-state index contributed by atoms with van der Waals surface area (Å²) in [5.41, 5.74) is 6.23. The van der Waals surface area contributed by atoms with Gasteiger partial charge >= 0.3 is 0 Å². The summed E-state index contributed by atoms with van der Waals surface area (Å²) in [5.74, 6) is -0.0720. The highest BCUT2D eigenvalue weighted by Crippen LogP contribution is 2.39. The molecule has 0 bridgehead atoms. The van der Waals surface area contributed by atoms with E-state index < -0.39 is 17.1 Å². The minimum atomic E-state index is -0.612. The number of imidazole rings is 1. The smallest absolute Gasteiger partial charge is 0.255 e. The number of amides is 1. The molecule has 0 fully saturated rings. The van der Waals surface area contributed by atoms with Gasteiger partial charge in [0.15, 0.2) is 23.9 Å². The van der Waals surface area contributed by atoms with Gasteiger partial charge in [0.05, 0.1) is 7.11 Å². The van der Waals surface area contributed by atoms with Crippen LogP contribution >= 0.6 is 0 Å². The van der Waals surface area contributed by atoms with Gasteiger partial charge in [-0.2, -0.15) is 0 Å². The summed E-state index contributed by atoms with van der Waals surface area (Å²) in [5, 5.41) is 20.4. The average Bonchev–Trinajstić information content (AvgIpc) is 3.26. The first-order valence-corrected chi connectivity index (χ1v) is 10.1. The number of ether oxygens (including phenoxy) is 2. The Labute approximate surface area is 193 Å². The molecule has 1 amide bonds. The number of primary amides is 1. The molecule has 2 aromatic heterocycles. The topological polar surface area (TPSA) is 161 Å². The fraction of sp³-hybridized carbons (Fsp3) is 0.125. The summed E-state index contributed by atoms with van der Waals surface area (Å²) in [6.45, 7) is 1.30. The molecule has 0 aliphatic rings. The molecule has 10 nitrogen and oxygen atoms in total. The molecule has 4 rings (SSSR count). The maximum absolute atomic E-state index is 12.2. The Morgan fingerprint density at radius 3 is 2.68 bits per heavy atom. The number of aromatic nitrogens is 2. The van der Waals surface area contributed by atoms with Gasteiger partial charge in [0, 0.05) is 17.2 Å². The number of carbonyl (C=O) groups excluding carboxylic acids is 1. The van der Waals surface area contributed by atoms with Gasteiger partial charge in [-0.25, -0.2) is 4.98 Å². The van der Waals surface area contributed by atoms with Crippen molar-refractivity contribution in [2.24, 2.45) is 5.73 Å². The number of benzene rings is 2. The third-order valence-electron chi connectivity index (χ3n) is 4.92. The second kappa shape index (κ2) is 9.02.